The number of hydrogen-bond donors (Lipinski definition) is 1. The Morgan fingerprint density at radius 3 is 2.50 bits per heavy atom. The lowest BCUT2D eigenvalue weighted by molar-refractivity contribution is -0.0519. The summed E-state index contributed by atoms with van der Waals surface area (Å²) in [6, 6.07) is 0. The lowest BCUT2D eigenvalue weighted by Gasteiger charge is -2.25. The minimum absolute atomic E-state index is 0.0972. The summed E-state index contributed by atoms with van der Waals surface area (Å²) in [5, 5.41) is 9.55. The second-order valence-electron chi connectivity index (χ2n) is 3.42. The molecule has 1 heterocycles. The van der Waals surface area contributed by atoms with Crippen LogP contribution in [0.15, 0.2) is 0 Å². The molecule has 1 unspecified atom stereocenters. The van der Waals surface area contributed by atoms with Crippen molar-refractivity contribution in [3.63, 3.8) is 0 Å². The number of ether oxygens (including phenoxy) is 1. The van der Waals surface area contributed by atoms with E-state index in [9.17, 15) is 5.11 Å². The Morgan fingerprint density at radius 2 is 2.00 bits per heavy atom. The Balaban J connectivity index is 2.11. The zero-order chi connectivity index (χ0) is 7.03. The molecular formula is C8H14O2. The van der Waals surface area contributed by atoms with Gasteiger partial charge in [0.05, 0.1) is 18.3 Å². The summed E-state index contributed by atoms with van der Waals surface area (Å²) >= 11 is 0. The summed E-state index contributed by atoms with van der Waals surface area (Å²) in [5.41, 5.74) is -0.0972. The van der Waals surface area contributed by atoms with Crippen LogP contribution in [-0.2, 0) is 4.74 Å². The molecule has 1 saturated carbocycles. The fourth-order valence-electron chi connectivity index (χ4n) is 2.18. The Bertz CT molecular complexity index is 122. The van der Waals surface area contributed by atoms with Crippen LogP contribution in [0.3, 0.4) is 0 Å². The maximum atomic E-state index is 9.55. The molecule has 2 rings (SSSR count). The molecule has 0 radical (unpaired) electrons. The van der Waals surface area contributed by atoms with Gasteiger partial charge in [0.2, 0.25) is 0 Å². The van der Waals surface area contributed by atoms with Gasteiger partial charge in [-0.15, -0.1) is 0 Å². The molecule has 58 valence electrons. The molecule has 0 aromatic carbocycles. The fourth-order valence-corrected chi connectivity index (χ4v) is 2.18. The van der Waals surface area contributed by atoms with Gasteiger partial charge in [0.25, 0.3) is 0 Å². The number of rotatable bonds is 0. The quantitative estimate of drug-likeness (QED) is 0.548. The highest BCUT2D eigenvalue weighted by Gasteiger charge is 2.45. The summed E-state index contributed by atoms with van der Waals surface area (Å²) in [5.74, 6) is 0. The molecule has 1 N–H and O–H groups in total. The van der Waals surface area contributed by atoms with Crippen molar-refractivity contribution in [3.05, 3.63) is 0 Å². The van der Waals surface area contributed by atoms with Crippen molar-refractivity contribution in [2.75, 3.05) is 6.61 Å². The molecule has 0 aromatic heterocycles. The largest absolute Gasteiger partial charge is 0.390 e. The Labute approximate surface area is 61.2 Å². The van der Waals surface area contributed by atoms with Gasteiger partial charge in [0, 0.05) is 0 Å². The van der Waals surface area contributed by atoms with Crippen molar-refractivity contribution in [2.45, 2.75) is 43.8 Å². The summed E-state index contributed by atoms with van der Waals surface area (Å²) in [7, 11) is 0. The van der Waals surface area contributed by atoms with Crippen molar-refractivity contribution < 1.29 is 9.84 Å². The van der Waals surface area contributed by atoms with Crippen molar-refractivity contribution in [1.29, 1.82) is 0 Å². The Morgan fingerprint density at radius 1 is 1.30 bits per heavy atom. The molecule has 2 heteroatoms. The fraction of sp³-hybridized carbons (Fsp3) is 1.00. The number of hydrogen-bond acceptors (Lipinski definition) is 2. The van der Waals surface area contributed by atoms with Crippen LogP contribution < -0.4 is 0 Å². The first-order valence-corrected chi connectivity index (χ1v) is 4.16. The van der Waals surface area contributed by atoms with Gasteiger partial charge in [0.15, 0.2) is 0 Å². The van der Waals surface area contributed by atoms with Crippen molar-refractivity contribution >= 4 is 0 Å². The molecule has 10 heavy (non-hydrogen) atoms. The van der Waals surface area contributed by atoms with Gasteiger partial charge in [-0.1, -0.05) is 12.8 Å². The topological polar surface area (TPSA) is 29.5 Å². The van der Waals surface area contributed by atoms with Gasteiger partial charge in [-0.3, -0.25) is 0 Å². The third kappa shape index (κ3) is 0.789. The van der Waals surface area contributed by atoms with Gasteiger partial charge < -0.3 is 9.84 Å². The lowest BCUT2D eigenvalue weighted by Crippen LogP contribution is -2.35. The van der Waals surface area contributed by atoms with E-state index >= 15 is 0 Å². The average molecular weight is 142 g/mol. The van der Waals surface area contributed by atoms with Crippen LogP contribution in [0.25, 0.3) is 0 Å². The molecular weight excluding hydrogens is 128 g/mol. The molecule has 2 nitrogen and oxygen atoms in total. The lowest BCUT2D eigenvalue weighted by atomic mass is 9.95. The molecule has 2 fully saturated rings. The van der Waals surface area contributed by atoms with E-state index in [4.69, 9.17) is 4.74 Å². The predicted octanol–water partition coefficient (Wildman–Crippen LogP) is 1.08. The molecule has 1 aliphatic heterocycles. The maximum absolute atomic E-state index is 9.55. The normalized spacial score (nSPS) is 37.5. The number of aliphatic hydroxyl groups is 1. The van der Waals surface area contributed by atoms with Gasteiger partial charge in [-0.2, -0.15) is 0 Å². The van der Waals surface area contributed by atoms with E-state index in [1.165, 1.54) is 12.8 Å². The molecule has 1 aliphatic carbocycles. The Hall–Kier alpha value is -0.0800. The zero-order valence-electron chi connectivity index (χ0n) is 6.18. The highest BCUT2D eigenvalue weighted by molar-refractivity contribution is 4.96. The van der Waals surface area contributed by atoms with Gasteiger partial charge in [-0.05, 0) is 19.3 Å². The van der Waals surface area contributed by atoms with E-state index in [2.05, 4.69) is 0 Å². The van der Waals surface area contributed by atoms with E-state index < -0.39 is 0 Å². The minimum atomic E-state index is -0.171. The van der Waals surface area contributed by atoms with E-state index in [0.717, 1.165) is 25.9 Å². The molecule has 1 saturated heterocycles. The Kier molecular flexibility index (Phi) is 1.46. The third-order valence-corrected chi connectivity index (χ3v) is 2.84. The van der Waals surface area contributed by atoms with E-state index in [1.807, 2.05) is 0 Å². The second kappa shape index (κ2) is 2.21. The highest BCUT2D eigenvalue weighted by atomic mass is 16.5. The SMILES string of the molecule is OC1CCOC12CCCC2. The van der Waals surface area contributed by atoms with Crippen molar-refractivity contribution in [1.82, 2.24) is 0 Å². The van der Waals surface area contributed by atoms with Crippen molar-refractivity contribution in [2.24, 2.45) is 0 Å². The van der Waals surface area contributed by atoms with Crippen LogP contribution in [0.2, 0.25) is 0 Å². The zero-order valence-corrected chi connectivity index (χ0v) is 6.18. The third-order valence-electron chi connectivity index (χ3n) is 2.84. The maximum Gasteiger partial charge on any atom is 0.0941 e. The average Bonchev–Trinajstić information content (AvgIpc) is 2.48. The minimum Gasteiger partial charge on any atom is -0.390 e. The summed E-state index contributed by atoms with van der Waals surface area (Å²) in [4.78, 5) is 0. The van der Waals surface area contributed by atoms with Gasteiger partial charge in [-0.25, -0.2) is 0 Å². The molecule has 0 aromatic rings. The standard InChI is InChI=1S/C8H14O2/c9-7-3-6-10-8(7)4-1-2-5-8/h7,9H,1-6H2. The smallest absolute Gasteiger partial charge is 0.0941 e. The molecule has 1 atom stereocenters. The predicted molar refractivity (Wildman–Crippen MR) is 37.8 cm³/mol. The van der Waals surface area contributed by atoms with Gasteiger partial charge >= 0.3 is 0 Å². The molecule has 0 amide bonds. The summed E-state index contributed by atoms with van der Waals surface area (Å²) in [6.45, 7) is 0.765. The monoisotopic (exact) mass is 142 g/mol. The van der Waals surface area contributed by atoms with Crippen LogP contribution >= 0.6 is 0 Å². The first-order chi connectivity index (χ1) is 4.83. The van der Waals surface area contributed by atoms with Crippen LogP contribution in [-0.4, -0.2) is 23.4 Å². The van der Waals surface area contributed by atoms with E-state index in [-0.39, 0.29) is 11.7 Å². The highest BCUT2D eigenvalue weighted by Crippen LogP contribution is 2.40. The summed E-state index contributed by atoms with van der Waals surface area (Å²) < 4.78 is 5.56. The van der Waals surface area contributed by atoms with Crippen LogP contribution in [0, 0.1) is 0 Å². The first-order valence-electron chi connectivity index (χ1n) is 4.16. The van der Waals surface area contributed by atoms with E-state index in [0.29, 0.717) is 0 Å². The van der Waals surface area contributed by atoms with Crippen LogP contribution in [0.5, 0.6) is 0 Å². The van der Waals surface area contributed by atoms with E-state index in [1.54, 1.807) is 0 Å². The van der Waals surface area contributed by atoms with Crippen LogP contribution in [0.4, 0.5) is 0 Å². The van der Waals surface area contributed by atoms with Crippen molar-refractivity contribution in [3.8, 4) is 0 Å². The molecule has 1 spiro atoms. The van der Waals surface area contributed by atoms with Crippen LogP contribution in [0.1, 0.15) is 32.1 Å². The molecule has 2 aliphatic rings. The van der Waals surface area contributed by atoms with Gasteiger partial charge in [0.1, 0.15) is 0 Å². The first kappa shape index (κ1) is 6.62. The second-order valence-corrected chi connectivity index (χ2v) is 3.42. The molecule has 0 bridgehead atoms. The summed E-state index contributed by atoms with van der Waals surface area (Å²) in [6.07, 6.45) is 5.30. The number of aliphatic hydroxyl groups excluding tert-OH is 1.